The molecule has 0 saturated heterocycles. The molecule has 4 rings (SSSR count). The minimum Gasteiger partial charge on any atom is -0.486 e. The Hall–Kier alpha value is -2.64. The lowest BCUT2D eigenvalue weighted by Crippen LogP contribution is -2.24. The van der Waals surface area contributed by atoms with Gasteiger partial charge in [-0.1, -0.05) is 11.6 Å². The van der Waals surface area contributed by atoms with Crippen molar-refractivity contribution in [2.45, 2.75) is 13.0 Å². The molecule has 1 aliphatic rings. The molecule has 27 heavy (non-hydrogen) atoms. The Bertz CT molecular complexity index is 962. The van der Waals surface area contributed by atoms with Crippen molar-refractivity contribution in [3.8, 4) is 22.8 Å². The van der Waals surface area contributed by atoms with Crippen LogP contribution in [0.1, 0.15) is 10.6 Å². The number of rotatable bonds is 5. The quantitative estimate of drug-likeness (QED) is 0.708. The summed E-state index contributed by atoms with van der Waals surface area (Å²) in [6.45, 7) is 1.33. The van der Waals surface area contributed by atoms with Crippen molar-refractivity contribution in [2.24, 2.45) is 0 Å². The lowest BCUT2D eigenvalue weighted by Gasteiger charge is -2.20. The Kier molecular flexibility index (Phi) is 5.22. The summed E-state index contributed by atoms with van der Waals surface area (Å²) in [6.07, 6.45) is 3.67. The number of halogens is 1. The third kappa shape index (κ3) is 4.20. The molecule has 0 fully saturated rings. The van der Waals surface area contributed by atoms with Crippen LogP contribution in [0.25, 0.3) is 11.3 Å². The zero-order valence-corrected chi connectivity index (χ0v) is 15.8. The van der Waals surface area contributed by atoms with Crippen molar-refractivity contribution in [1.29, 1.82) is 0 Å². The summed E-state index contributed by atoms with van der Waals surface area (Å²) < 4.78 is 11.0. The predicted molar refractivity (Wildman–Crippen MR) is 103 cm³/mol. The fraction of sp³-hybridized carbons (Fsp3) is 0.211. The summed E-state index contributed by atoms with van der Waals surface area (Å²) in [6, 6.07) is 7.34. The fourth-order valence-electron chi connectivity index (χ4n) is 2.74. The van der Waals surface area contributed by atoms with E-state index in [1.165, 1.54) is 11.3 Å². The van der Waals surface area contributed by atoms with E-state index in [9.17, 15) is 4.79 Å². The topological polar surface area (TPSA) is 73.3 Å². The maximum Gasteiger partial charge on any atom is 0.224 e. The number of amides is 1. The molecule has 1 aliphatic heterocycles. The van der Waals surface area contributed by atoms with Crippen LogP contribution in [0.15, 0.2) is 42.0 Å². The molecular formula is C19H16ClN3O3S. The van der Waals surface area contributed by atoms with Crippen LogP contribution in [0, 0.1) is 0 Å². The second-order valence-electron chi connectivity index (χ2n) is 5.92. The molecule has 0 radical (unpaired) electrons. The van der Waals surface area contributed by atoms with E-state index in [1.807, 2.05) is 17.5 Å². The Balaban J connectivity index is 1.36. The lowest BCUT2D eigenvalue weighted by atomic mass is 10.1. The van der Waals surface area contributed by atoms with E-state index >= 15 is 0 Å². The molecule has 0 bridgehead atoms. The van der Waals surface area contributed by atoms with Crippen LogP contribution in [-0.2, 0) is 17.8 Å². The number of ether oxygens (including phenoxy) is 2. The molecule has 0 aliphatic carbocycles. The summed E-state index contributed by atoms with van der Waals surface area (Å²) >= 11 is 7.73. The summed E-state index contributed by atoms with van der Waals surface area (Å²) in [5.41, 5.74) is 2.66. The number of benzene rings is 1. The van der Waals surface area contributed by atoms with Gasteiger partial charge in [-0.25, -0.2) is 4.98 Å². The Morgan fingerprint density at radius 1 is 1.22 bits per heavy atom. The smallest absolute Gasteiger partial charge is 0.224 e. The van der Waals surface area contributed by atoms with Gasteiger partial charge in [0.05, 0.1) is 23.7 Å². The van der Waals surface area contributed by atoms with Crippen molar-refractivity contribution in [1.82, 2.24) is 15.3 Å². The Morgan fingerprint density at radius 2 is 2.04 bits per heavy atom. The van der Waals surface area contributed by atoms with Crippen LogP contribution in [0.5, 0.6) is 11.5 Å². The van der Waals surface area contributed by atoms with Gasteiger partial charge in [-0.15, -0.1) is 11.3 Å². The van der Waals surface area contributed by atoms with Gasteiger partial charge in [0.15, 0.2) is 11.5 Å². The average Bonchev–Trinajstić information content (AvgIpc) is 3.16. The van der Waals surface area contributed by atoms with Crippen molar-refractivity contribution >= 4 is 28.8 Å². The van der Waals surface area contributed by atoms with Crippen LogP contribution in [0.2, 0.25) is 5.02 Å². The summed E-state index contributed by atoms with van der Waals surface area (Å²) in [7, 11) is 0. The van der Waals surface area contributed by atoms with Crippen LogP contribution >= 0.6 is 22.9 Å². The van der Waals surface area contributed by atoms with Gasteiger partial charge in [0.1, 0.15) is 18.2 Å². The number of thiazole rings is 1. The van der Waals surface area contributed by atoms with E-state index < -0.39 is 0 Å². The van der Waals surface area contributed by atoms with Gasteiger partial charge >= 0.3 is 0 Å². The second-order valence-corrected chi connectivity index (χ2v) is 7.27. The molecule has 3 aromatic rings. The molecule has 1 N–H and O–H groups in total. The maximum absolute atomic E-state index is 12.3. The molecule has 0 atom stereocenters. The standard InChI is InChI=1S/C19H16ClN3O3S/c20-14-7-12(8-16-19(14)26-6-5-25-16)9-17(24)22-10-18-23-15(11-27-18)13-1-3-21-4-2-13/h1-4,7-8,11H,5-6,9-10H2,(H,22,24). The van der Waals surface area contributed by atoms with Gasteiger partial charge in [0.2, 0.25) is 5.91 Å². The lowest BCUT2D eigenvalue weighted by molar-refractivity contribution is -0.120. The third-order valence-electron chi connectivity index (χ3n) is 3.99. The van der Waals surface area contributed by atoms with E-state index in [-0.39, 0.29) is 12.3 Å². The summed E-state index contributed by atoms with van der Waals surface area (Å²) in [5.74, 6) is 1.01. The minimum atomic E-state index is -0.108. The highest BCUT2D eigenvalue weighted by Crippen LogP contribution is 2.38. The fourth-order valence-corrected chi connectivity index (χ4v) is 3.77. The van der Waals surface area contributed by atoms with Crippen molar-refractivity contribution in [2.75, 3.05) is 13.2 Å². The van der Waals surface area contributed by atoms with E-state index in [1.54, 1.807) is 24.5 Å². The number of carbonyl (C=O) groups is 1. The van der Waals surface area contributed by atoms with E-state index in [2.05, 4.69) is 15.3 Å². The van der Waals surface area contributed by atoms with Crippen molar-refractivity contribution < 1.29 is 14.3 Å². The largest absolute Gasteiger partial charge is 0.486 e. The first kappa shape index (κ1) is 17.8. The summed E-state index contributed by atoms with van der Waals surface area (Å²) in [5, 5.41) is 6.16. The van der Waals surface area contributed by atoms with Crippen LogP contribution in [-0.4, -0.2) is 29.1 Å². The van der Waals surface area contributed by atoms with E-state index in [0.717, 1.165) is 21.8 Å². The molecule has 138 valence electrons. The number of nitrogens with one attached hydrogen (secondary N) is 1. The van der Waals surface area contributed by atoms with E-state index in [0.29, 0.717) is 36.3 Å². The van der Waals surface area contributed by atoms with Gasteiger partial charge in [-0.05, 0) is 29.8 Å². The molecule has 0 spiro atoms. The first-order chi connectivity index (χ1) is 13.2. The normalized spacial score (nSPS) is 12.6. The minimum absolute atomic E-state index is 0.108. The first-order valence-electron chi connectivity index (χ1n) is 8.38. The van der Waals surface area contributed by atoms with Crippen LogP contribution in [0.4, 0.5) is 0 Å². The number of carbonyl (C=O) groups excluding carboxylic acids is 1. The summed E-state index contributed by atoms with van der Waals surface area (Å²) in [4.78, 5) is 20.8. The van der Waals surface area contributed by atoms with Gasteiger partial charge in [0, 0.05) is 23.3 Å². The number of aromatic nitrogens is 2. The number of pyridine rings is 1. The third-order valence-corrected chi connectivity index (χ3v) is 5.12. The number of fused-ring (bicyclic) bond motifs is 1. The van der Waals surface area contributed by atoms with Crippen LogP contribution in [0.3, 0.4) is 0 Å². The maximum atomic E-state index is 12.3. The van der Waals surface area contributed by atoms with E-state index in [4.69, 9.17) is 21.1 Å². The second kappa shape index (κ2) is 7.94. The zero-order valence-electron chi connectivity index (χ0n) is 14.3. The average molecular weight is 402 g/mol. The highest BCUT2D eigenvalue weighted by Gasteiger charge is 2.17. The zero-order chi connectivity index (χ0) is 18.6. The van der Waals surface area contributed by atoms with Crippen molar-refractivity contribution in [3.05, 3.63) is 57.6 Å². The number of hydrogen-bond donors (Lipinski definition) is 1. The van der Waals surface area contributed by atoms with Gasteiger partial charge < -0.3 is 14.8 Å². The molecule has 8 heteroatoms. The SMILES string of the molecule is O=C(Cc1cc(Cl)c2c(c1)OCCO2)NCc1nc(-c2ccncc2)cs1. The molecule has 0 unspecified atom stereocenters. The molecule has 6 nitrogen and oxygen atoms in total. The Morgan fingerprint density at radius 3 is 2.89 bits per heavy atom. The predicted octanol–water partition coefficient (Wildman–Crippen LogP) is 3.49. The van der Waals surface area contributed by atoms with Gasteiger partial charge in [0.25, 0.3) is 0 Å². The molecule has 1 aromatic carbocycles. The monoisotopic (exact) mass is 401 g/mol. The molecule has 2 aromatic heterocycles. The molecule has 3 heterocycles. The van der Waals surface area contributed by atoms with Crippen LogP contribution < -0.4 is 14.8 Å². The van der Waals surface area contributed by atoms with Gasteiger partial charge in [-0.2, -0.15) is 0 Å². The molecule has 1 amide bonds. The molecular weight excluding hydrogens is 386 g/mol. The number of hydrogen-bond acceptors (Lipinski definition) is 6. The highest BCUT2D eigenvalue weighted by atomic mass is 35.5. The Labute approximate surface area is 165 Å². The van der Waals surface area contributed by atoms with Gasteiger partial charge in [-0.3, -0.25) is 9.78 Å². The first-order valence-corrected chi connectivity index (χ1v) is 9.64. The van der Waals surface area contributed by atoms with Crippen molar-refractivity contribution in [3.63, 3.8) is 0 Å². The highest BCUT2D eigenvalue weighted by molar-refractivity contribution is 7.09. The number of nitrogens with zero attached hydrogens (tertiary/aromatic N) is 2. The molecule has 0 saturated carbocycles.